The van der Waals surface area contributed by atoms with Crippen molar-refractivity contribution >= 4 is 0 Å². The van der Waals surface area contributed by atoms with E-state index in [1.165, 1.54) is 18.5 Å². The second-order valence-corrected chi connectivity index (χ2v) is 6.25. The fourth-order valence-electron chi connectivity index (χ4n) is 3.17. The van der Waals surface area contributed by atoms with E-state index in [4.69, 9.17) is 5.73 Å². The van der Waals surface area contributed by atoms with Crippen molar-refractivity contribution in [2.75, 3.05) is 19.6 Å². The van der Waals surface area contributed by atoms with Crippen molar-refractivity contribution in [3.05, 3.63) is 35.9 Å². The van der Waals surface area contributed by atoms with Gasteiger partial charge in [0.25, 0.3) is 0 Å². The molecular formula is C16H26N2. The van der Waals surface area contributed by atoms with E-state index in [0.29, 0.717) is 12.6 Å². The molecule has 0 radical (unpaired) electrons. The fraction of sp³-hybridized carbons (Fsp3) is 0.625. The van der Waals surface area contributed by atoms with Gasteiger partial charge < -0.3 is 5.73 Å². The smallest absolute Gasteiger partial charge is 0.0174 e. The Morgan fingerprint density at radius 3 is 2.44 bits per heavy atom. The third-order valence-electron chi connectivity index (χ3n) is 4.39. The van der Waals surface area contributed by atoms with Gasteiger partial charge in [-0.15, -0.1) is 0 Å². The summed E-state index contributed by atoms with van der Waals surface area (Å²) in [6.07, 6.45) is 1.31. The molecule has 1 aromatic carbocycles. The minimum Gasteiger partial charge on any atom is -0.330 e. The lowest BCUT2D eigenvalue weighted by atomic mass is 9.82. The first kappa shape index (κ1) is 13.6. The molecule has 18 heavy (non-hydrogen) atoms. The zero-order valence-corrected chi connectivity index (χ0v) is 11.9. The van der Waals surface area contributed by atoms with Crippen molar-refractivity contribution in [1.29, 1.82) is 0 Å². The van der Waals surface area contributed by atoms with E-state index in [-0.39, 0.29) is 5.41 Å². The fourth-order valence-corrected chi connectivity index (χ4v) is 3.17. The zero-order valence-electron chi connectivity index (χ0n) is 11.9. The van der Waals surface area contributed by atoms with Crippen LogP contribution in [-0.2, 0) is 5.41 Å². The lowest BCUT2D eigenvalue weighted by Crippen LogP contribution is -2.45. The molecule has 1 aliphatic heterocycles. The van der Waals surface area contributed by atoms with Crippen molar-refractivity contribution in [2.45, 2.75) is 38.6 Å². The molecule has 100 valence electrons. The molecule has 0 spiro atoms. The van der Waals surface area contributed by atoms with E-state index in [9.17, 15) is 0 Å². The van der Waals surface area contributed by atoms with Gasteiger partial charge in [-0.1, -0.05) is 44.2 Å². The maximum Gasteiger partial charge on any atom is 0.0174 e. The van der Waals surface area contributed by atoms with Crippen molar-refractivity contribution in [3.8, 4) is 0 Å². The van der Waals surface area contributed by atoms with E-state index < -0.39 is 0 Å². The Kier molecular flexibility index (Phi) is 4.08. The first-order valence-corrected chi connectivity index (χ1v) is 7.05. The van der Waals surface area contributed by atoms with Gasteiger partial charge in [0.1, 0.15) is 0 Å². The van der Waals surface area contributed by atoms with Crippen molar-refractivity contribution in [2.24, 2.45) is 11.7 Å². The summed E-state index contributed by atoms with van der Waals surface area (Å²) >= 11 is 0. The van der Waals surface area contributed by atoms with Crippen LogP contribution in [0.4, 0.5) is 0 Å². The lowest BCUT2D eigenvalue weighted by Gasteiger charge is -2.35. The Labute approximate surface area is 111 Å². The molecule has 2 nitrogen and oxygen atoms in total. The van der Waals surface area contributed by atoms with Crippen LogP contribution in [0.15, 0.2) is 30.3 Å². The third kappa shape index (κ3) is 2.76. The number of nitrogens with zero attached hydrogens (tertiary/aromatic N) is 1. The molecule has 1 heterocycles. The van der Waals surface area contributed by atoms with Gasteiger partial charge in [-0.25, -0.2) is 0 Å². The van der Waals surface area contributed by atoms with Crippen molar-refractivity contribution in [1.82, 2.24) is 4.90 Å². The SMILES string of the molecule is CC1CC(C)N(CC(C)(CN)c2ccccc2)C1. The van der Waals surface area contributed by atoms with Crippen LogP contribution in [0.2, 0.25) is 0 Å². The molecule has 2 heteroatoms. The number of hydrogen-bond donors (Lipinski definition) is 1. The van der Waals surface area contributed by atoms with E-state index in [1.54, 1.807) is 0 Å². The Bertz CT molecular complexity index is 376. The number of nitrogens with two attached hydrogens (primary N) is 1. The summed E-state index contributed by atoms with van der Waals surface area (Å²) < 4.78 is 0. The molecular weight excluding hydrogens is 220 g/mol. The minimum atomic E-state index is 0.0690. The molecule has 0 aromatic heterocycles. The summed E-state index contributed by atoms with van der Waals surface area (Å²) in [5.41, 5.74) is 7.50. The molecule has 1 saturated heterocycles. The predicted octanol–water partition coefficient (Wildman–Crippen LogP) is 2.63. The molecule has 1 fully saturated rings. The molecule has 3 atom stereocenters. The molecule has 0 bridgehead atoms. The number of benzene rings is 1. The van der Waals surface area contributed by atoms with Crippen LogP contribution in [0.25, 0.3) is 0 Å². The van der Waals surface area contributed by atoms with E-state index in [2.05, 4.69) is 56.0 Å². The average molecular weight is 246 g/mol. The Balaban J connectivity index is 2.14. The molecule has 2 rings (SSSR count). The quantitative estimate of drug-likeness (QED) is 0.885. The van der Waals surface area contributed by atoms with Gasteiger partial charge in [-0.2, -0.15) is 0 Å². The van der Waals surface area contributed by atoms with Crippen LogP contribution in [-0.4, -0.2) is 30.6 Å². The maximum absolute atomic E-state index is 6.07. The third-order valence-corrected chi connectivity index (χ3v) is 4.39. The first-order valence-electron chi connectivity index (χ1n) is 7.05. The molecule has 2 N–H and O–H groups in total. The summed E-state index contributed by atoms with van der Waals surface area (Å²) in [4.78, 5) is 2.60. The molecule has 1 aliphatic rings. The van der Waals surface area contributed by atoms with Crippen LogP contribution in [0.3, 0.4) is 0 Å². The summed E-state index contributed by atoms with van der Waals surface area (Å²) in [6, 6.07) is 11.4. The van der Waals surface area contributed by atoms with Crippen molar-refractivity contribution < 1.29 is 0 Å². The average Bonchev–Trinajstić information content (AvgIpc) is 2.68. The second-order valence-electron chi connectivity index (χ2n) is 6.25. The zero-order chi connectivity index (χ0) is 13.2. The number of likely N-dealkylation sites (tertiary alicyclic amines) is 1. The van der Waals surface area contributed by atoms with Crippen LogP contribution in [0.1, 0.15) is 32.8 Å². The lowest BCUT2D eigenvalue weighted by molar-refractivity contribution is 0.209. The van der Waals surface area contributed by atoms with Crippen LogP contribution in [0.5, 0.6) is 0 Å². The molecule has 3 unspecified atom stereocenters. The molecule has 1 aromatic rings. The van der Waals surface area contributed by atoms with Crippen LogP contribution < -0.4 is 5.73 Å². The Morgan fingerprint density at radius 2 is 1.94 bits per heavy atom. The Morgan fingerprint density at radius 1 is 1.28 bits per heavy atom. The van der Waals surface area contributed by atoms with E-state index in [0.717, 1.165) is 12.5 Å². The van der Waals surface area contributed by atoms with Gasteiger partial charge in [-0.05, 0) is 24.8 Å². The highest BCUT2D eigenvalue weighted by atomic mass is 15.2. The molecule has 0 saturated carbocycles. The predicted molar refractivity (Wildman–Crippen MR) is 77.7 cm³/mol. The van der Waals surface area contributed by atoms with Crippen molar-refractivity contribution in [3.63, 3.8) is 0 Å². The maximum atomic E-state index is 6.07. The topological polar surface area (TPSA) is 29.3 Å². The first-order chi connectivity index (χ1) is 8.55. The van der Waals surface area contributed by atoms with Gasteiger partial charge >= 0.3 is 0 Å². The van der Waals surface area contributed by atoms with Gasteiger partial charge in [-0.3, -0.25) is 4.90 Å². The summed E-state index contributed by atoms with van der Waals surface area (Å²) in [5.74, 6) is 0.817. The number of hydrogen-bond acceptors (Lipinski definition) is 2. The van der Waals surface area contributed by atoms with Gasteiger partial charge in [0.2, 0.25) is 0 Å². The van der Waals surface area contributed by atoms with Gasteiger partial charge in [0, 0.05) is 31.1 Å². The van der Waals surface area contributed by atoms with Gasteiger partial charge in [0.15, 0.2) is 0 Å². The summed E-state index contributed by atoms with van der Waals surface area (Å²) in [6.45, 7) is 9.96. The molecule has 0 aliphatic carbocycles. The molecule has 0 amide bonds. The number of rotatable bonds is 4. The normalized spacial score (nSPS) is 28.2. The summed E-state index contributed by atoms with van der Waals surface area (Å²) in [7, 11) is 0. The highest BCUT2D eigenvalue weighted by molar-refractivity contribution is 5.25. The van der Waals surface area contributed by atoms with E-state index >= 15 is 0 Å². The summed E-state index contributed by atoms with van der Waals surface area (Å²) in [5, 5.41) is 0. The monoisotopic (exact) mass is 246 g/mol. The minimum absolute atomic E-state index is 0.0690. The highest BCUT2D eigenvalue weighted by Crippen LogP contribution is 2.29. The Hall–Kier alpha value is -0.860. The van der Waals surface area contributed by atoms with E-state index in [1.807, 2.05) is 0 Å². The van der Waals surface area contributed by atoms with Gasteiger partial charge in [0.05, 0.1) is 0 Å². The van der Waals surface area contributed by atoms with Crippen LogP contribution >= 0.6 is 0 Å². The largest absolute Gasteiger partial charge is 0.330 e. The second kappa shape index (κ2) is 5.41. The standard InChI is InChI=1S/C16H26N2/c1-13-9-14(2)18(10-13)12-16(3,11-17)15-7-5-4-6-8-15/h4-8,13-14H,9-12,17H2,1-3H3. The highest BCUT2D eigenvalue weighted by Gasteiger charge is 2.33. The van der Waals surface area contributed by atoms with Crippen LogP contribution in [0, 0.1) is 5.92 Å².